The Hall–Kier alpha value is -2.76. The van der Waals surface area contributed by atoms with Crippen LogP contribution in [0.3, 0.4) is 0 Å². The Kier molecular flexibility index (Phi) is 4.88. The van der Waals surface area contributed by atoms with Crippen LogP contribution in [0.25, 0.3) is 10.8 Å². The minimum atomic E-state index is -0.500. The van der Waals surface area contributed by atoms with Gasteiger partial charge in [0.05, 0.1) is 10.7 Å². The summed E-state index contributed by atoms with van der Waals surface area (Å²) in [5.41, 5.74) is 0.522. The third-order valence-corrected chi connectivity index (χ3v) is 4.72. The summed E-state index contributed by atoms with van der Waals surface area (Å²) in [5, 5.41) is 5.90. The first-order valence-electron chi connectivity index (χ1n) is 8.36. The number of nitrogens with zero attached hydrogens (tertiary/aromatic N) is 2. The van der Waals surface area contributed by atoms with Crippen LogP contribution in [0.5, 0.6) is 5.75 Å². The van der Waals surface area contributed by atoms with E-state index < -0.39 is 6.09 Å². The number of ether oxygens (including phenoxy) is 1. The number of carbonyl (C=O) groups is 1. The predicted octanol–water partition coefficient (Wildman–Crippen LogP) is 5.24. The largest absolute Gasteiger partial charge is 0.422 e. The number of rotatable bonds is 2. The number of halogens is 2. The lowest BCUT2D eigenvalue weighted by molar-refractivity contribution is 0.180. The molecule has 0 bridgehead atoms. The average molecular weight is 400 g/mol. The molecule has 0 atom stereocenters. The minimum Gasteiger partial charge on any atom is -0.409 e. The fraction of sp³-hybridized carbons (Fsp3) is 0.100. The highest BCUT2D eigenvalue weighted by molar-refractivity contribution is 6.36. The van der Waals surface area contributed by atoms with Crippen molar-refractivity contribution in [3.63, 3.8) is 0 Å². The van der Waals surface area contributed by atoms with Crippen molar-refractivity contribution in [2.24, 2.45) is 4.99 Å². The van der Waals surface area contributed by atoms with E-state index in [0.29, 0.717) is 40.5 Å². The van der Waals surface area contributed by atoms with E-state index in [1.54, 1.807) is 24.3 Å². The van der Waals surface area contributed by atoms with Crippen LogP contribution in [-0.4, -0.2) is 30.0 Å². The Morgan fingerprint density at radius 1 is 1.07 bits per heavy atom. The van der Waals surface area contributed by atoms with E-state index in [-0.39, 0.29) is 0 Å². The average Bonchev–Trinajstić information content (AvgIpc) is 3.13. The zero-order valence-electron chi connectivity index (χ0n) is 14.2. The summed E-state index contributed by atoms with van der Waals surface area (Å²) in [6.45, 7) is 1.03. The van der Waals surface area contributed by atoms with Crippen molar-refractivity contribution in [1.82, 2.24) is 10.2 Å². The van der Waals surface area contributed by atoms with Gasteiger partial charge in [0, 0.05) is 23.5 Å². The van der Waals surface area contributed by atoms with Crippen LogP contribution in [0.4, 0.5) is 10.5 Å². The van der Waals surface area contributed by atoms with E-state index in [0.717, 1.165) is 10.8 Å². The molecule has 136 valence electrons. The van der Waals surface area contributed by atoms with Crippen molar-refractivity contribution in [1.29, 1.82) is 0 Å². The minimum absolute atomic E-state index is 0.393. The van der Waals surface area contributed by atoms with Crippen LogP contribution in [0.1, 0.15) is 0 Å². The van der Waals surface area contributed by atoms with Gasteiger partial charge in [-0.3, -0.25) is 0 Å². The van der Waals surface area contributed by atoms with Gasteiger partial charge < -0.3 is 10.1 Å². The Labute approximate surface area is 166 Å². The number of aliphatic imine (C=N–C) groups is 1. The number of nitrogens with one attached hydrogen (secondary N) is 1. The van der Waals surface area contributed by atoms with Gasteiger partial charge in [-0.15, -0.1) is 0 Å². The summed E-state index contributed by atoms with van der Waals surface area (Å²) in [6.07, 6.45) is -0.500. The van der Waals surface area contributed by atoms with Gasteiger partial charge in [0.25, 0.3) is 0 Å². The molecule has 1 aliphatic rings. The standard InChI is InChI=1S/C20H15Cl2N3O2/c21-14-8-9-17(16(22)12-14)24-19-23-10-11-25(19)20(26)27-18-7-3-5-13-4-1-2-6-15(13)18/h1-9,12H,10-11H2,(H,23,24). The highest BCUT2D eigenvalue weighted by atomic mass is 35.5. The molecule has 1 heterocycles. The number of amides is 1. The zero-order chi connectivity index (χ0) is 18.8. The van der Waals surface area contributed by atoms with E-state index in [1.165, 1.54) is 4.90 Å². The third kappa shape index (κ3) is 3.70. The summed E-state index contributed by atoms with van der Waals surface area (Å²) < 4.78 is 5.64. The Morgan fingerprint density at radius 3 is 2.74 bits per heavy atom. The van der Waals surface area contributed by atoms with E-state index in [2.05, 4.69) is 10.3 Å². The van der Waals surface area contributed by atoms with Crippen LogP contribution < -0.4 is 10.1 Å². The maximum Gasteiger partial charge on any atom is 0.422 e. The van der Waals surface area contributed by atoms with Gasteiger partial charge in [0.2, 0.25) is 5.96 Å². The number of carbonyl (C=O) groups excluding carboxylic acids is 1. The summed E-state index contributed by atoms with van der Waals surface area (Å²) >= 11 is 12.1. The van der Waals surface area contributed by atoms with E-state index in [9.17, 15) is 4.79 Å². The quantitative estimate of drug-likeness (QED) is 0.640. The molecule has 4 rings (SSSR count). The van der Waals surface area contributed by atoms with E-state index in [1.807, 2.05) is 36.4 Å². The first kappa shape index (κ1) is 17.6. The molecule has 27 heavy (non-hydrogen) atoms. The molecule has 0 aromatic heterocycles. The highest BCUT2D eigenvalue weighted by Crippen LogP contribution is 2.29. The summed E-state index contributed by atoms with van der Waals surface area (Å²) in [4.78, 5) is 18.6. The fourth-order valence-corrected chi connectivity index (χ4v) is 3.33. The molecule has 1 N–H and O–H groups in total. The maximum absolute atomic E-state index is 12.7. The van der Waals surface area contributed by atoms with E-state index >= 15 is 0 Å². The fourth-order valence-electron chi connectivity index (χ4n) is 2.88. The van der Waals surface area contributed by atoms with Crippen molar-refractivity contribution >= 4 is 51.7 Å². The Morgan fingerprint density at radius 2 is 1.89 bits per heavy atom. The lowest BCUT2D eigenvalue weighted by Gasteiger charge is -2.16. The molecule has 5 nitrogen and oxygen atoms in total. The zero-order valence-corrected chi connectivity index (χ0v) is 15.7. The topological polar surface area (TPSA) is 53.9 Å². The van der Waals surface area contributed by atoms with Gasteiger partial charge in [0.1, 0.15) is 5.75 Å². The lowest BCUT2D eigenvalue weighted by Crippen LogP contribution is -2.37. The molecule has 0 radical (unpaired) electrons. The van der Waals surface area contributed by atoms with Crippen molar-refractivity contribution < 1.29 is 9.53 Å². The normalized spacial score (nSPS) is 15.2. The van der Waals surface area contributed by atoms with Crippen molar-refractivity contribution in [3.8, 4) is 5.75 Å². The number of guanidine groups is 1. The van der Waals surface area contributed by atoms with Gasteiger partial charge in [0.15, 0.2) is 0 Å². The maximum atomic E-state index is 12.7. The number of benzene rings is 3. The first-order valence-corrected chi connectivity index (χ1v) is 9.12. The molecule has 1 aliphatic heterocycles. The Bertz CT molecular complexity index is 1050. The second-order valence-corrected chi connectivity index (χ2v) is 6.80. The van der Waals surface area contributed by atoms with Crippen LogP contribution in [-0.2, 0) is 0 Å². The summed E-state index contributed by atoms with van der Waals surface area (Å²) in [6, 6.07) is 18.3. The molecule has 0 aliphatic carbocycles. The third-order valence-electron chi connectivity index (χ3n) is 4.18. The van der Waals surface area contributed by atoms with Crippen LogP contribution in [0.2, 0.25) is 10.0 Å². The van der Waals surface area contributed by atoms with Crippen molar-refractivity contribution in [2.45, 2.75) is 0 Å². The second-order valence-electron chi connectivity index (χ2n) is 5.95. The molecule has 1 fully saturated rings. The first-order chi connectivity index (χ1) is 13.1. The van der Waals surface area contributed by atoms with Gasteiger partial charge in [-0.05, 0) is 29.7 Å². The van der Waals surface area contributed by atoms with Crippen LogP contribution in [0, 0.1) is 0 Å². The second kappa shape index (κ2) is 7.47. The highest BCUT2D eigenvalue weighted by Gasteiger charge is 2.27. The monoisotopic (exact) mass is 399 g/mol. The molecule has 1 saturated heterocycles. The van der Waals surface area contributed by atoms with Gasteiger partial charge in [-0.1, -0.05) is 59.6 Å². The van der Waals surface area contributed by atoms with Gasteiger partial charge in [-0.25, -0.2) is 14.7 Å². The molecule has 3 aromatic rings. The van der Waals surface area contributed by atoms with E-state index in [4.69, 9.17) is 27.9 Å². The number of hydrogen-bond donors (Lipinski definition) is 1. The molecular formula is C20H15Cl2N3O2. The Balaban J connectivity index is 1.60. The molecule has 0 saturated carbocycles. The number of fused-ring (bicyclic) bond motifs is 1. The van der Waals surface area contributed by atoms with Crippen molar-refractivity contribution in [2.75, 3.05) is 13.1 Å². The van der Waals surface area contributed by atoms with Crippen LogP contribution >= 0.6 is 23.2 Å². The molecule has 1 amide bonds. The summed E-state index contributed by atoms with van der Waals surface area (Å²) in [5.74, 6) is 0.901. The lowest BCUT2D eigenvalue weighted by atomic mass is 10.1. The summed E-state index contributed by atoms with van der Waals surface area (Å²) in [7, 11) is 0. The van der Waals surface area contributed by atoms with Crippen LogP contribution in [0.15, 0.2) is 65.7 Å². The smallest absolute Gasteiger partial charge is 0.409 e. The molecule has 0 spiro atoms. The van der Waals surface area contributed by atoms with Gasteiger partial charge >= 0.3 is 6.09 Å². The molecule has 7 heteroatoms. The predicted molar refractivity (Wildman–Crippen MR) is 108 cm³/mol. The molecular weight excluding hydrogens is 385 g/mol. The van der Waals surface area contributed by atoms with Gasteiger partial charge in [-0.2, -0.15) is 0 Å². The molecule has 0 unspecified atom stereocenters. The number of hydrogen-bond acceptors (Lipinski definition) is 3. The SMILES string of the molecule is O=C(Oc1cccc2ccccc12)N1CCN/C1=N\c1ccc(Cl)cc1Cl. The van der Waals surface area contributed by atoms with Crippen molar-refractivity contribution in [3.05, 3.63) is 70.7 Å². The molecule has 3 aromatic carbocycles.